The first kappa shape index (κ1) is 22.2. The number of guanidine groups is 1. The van der Waals surface area contributed by atoms with Gasteiger partial charge in [-0.3, -0.25) is 9.79 Å². The molecular weight excluding hydrogens is 463 g/mol. The van der Waals surface area contributed by atoms with E-state index in [1.165, 1.54) is 11.1 Å². The third kappa shape index (κ3) is 5.70. The Labute approximate surface area is 184 Å². The van der Waals surface area contributed by atoms with Gasteiger partial charge in [0.2, 0.25) is 5.91 Å². The number of rotatable bonds is 5. The van der Waals surface area contributed by atoms with E-state index in [1.54, 1.807) is 7.05 Å². The summed E-state index contributed by atoms with van der Waals surface area (Å²) in [5, 5.41) is 3.26. The molecule has 0 atom stereocenters. The number of benzene rings is 2. The first-order valence-electron chi connectivity index (χ1n) is 9.55. The molecule has 150 valence electrons. The maximum atomic E-state index is 12.7. The zero-order valence-electron chi connectivity index (χ0n) is 16.6. The van der Waals surface area contributed by atoms with Crippen LogP contribution in [0.5, 0.6) is 0 Å². The van der Waals surface area contributed by atoms with E-state index >= 15 is 0 Å². The molecule has 1 amide bonds. The van der Waals surface area contributed by atoms with Crippen molar-refractivity contribution in [3.63, 3.8) is 0 Å². The summed E-state index contributed by atoms with van der Waals surface area (Å²) in [5.41, 5.74) is 3.88. The molecule has 6 heteroatoms. The SMILES string of the molecule is CCN(Cc1ccccc1)C(=O)CNC(=NC)N1CCc2ccccc2C1.I. The third-order valence-electron chi connectivity index (χ3n) is 4.99. The van der Waals surface area contributed by atoms with Crippen LogP contribution in [0.25, 0.3) is 0 Å². The minimum absolute atomic E-state index is 0. The summed E-state index contributed by atoms with van der Waals surface area (Å²) in [6, 6.07) is 18.6. The van der Waals surface area contributed by atoms with E-state index in [2.05, 4.69) is 39.5 Å². The van der Waals surface area contributed by atoms with Crippen LogP contribution in [-0.2, 0) is 24.3 Å². The van der Waals surface area contributed by atoms with Crippen LogP contribution >= 0.6 is 24.0 Å². The van der Waals surface area contributed by atoms with Gasteiger partial charge in [-0.2, -0.15) is 0 Å². The molecule has 0 radical (unpaired) electrons. The Morgan fingerprint density at radius 1 is 1.11 bits per heavy atom. The van der Waals surface area contributed by atoms with Crippen LogP contribution in [0.4, 0.5) is 0 Å². The number of amides is 1. The first-order chi connectivity index (χ1) is 13.2. The normalized spacial score (nSPS) is 13.4. The van der Waals surface area contributed by atoms with Crippen molar-refractivity contribution in [1.29, 1.82) is 0 Å². The van der Waals surface area contributed by atoms with Crippen LogP contribution < -0.4 is 5.32 Å². The van der Waals surface area contributed by atoms with E-state index in [4.69, 9.17) is 0 Å². The van der Waals surface area contributed by atoms with Crippen LogP contribution in [0.15, 0.2) is 59.6 Å². The van der Waals surface area contributed by atoms with Crippen molar-refractivity contribution in [2.75, 3.05) is 26.7 Å². The number of likely N-dealkylation sites (N-methyl/N-ethyl adjacent to an activating group) is 1. The predicted molar refractivity (Wildman–Crippen MR) is 125 cm³/mol. The number of halogens is 1. The molecular formula is C22H29IN4O. The second-order valence-corrected chi connectivity index (χ2v) is 6.73. The van der Waals surface area contributed by atoms with Crippen molar-refractivity contribution < 1.29 is 4.79 Å². The molecule has 0 spiro atoms. The highest BCUT2D eigenvalue weighted by molar-refractivity contribution is 14.0. The molecule has 0 aliphatic carbocycles. The van der Waals surface area contributed by atoms with Crippen molar-refractivity contribution >= 4 is 35.8 Å². The lowest BCUT2D eigenvalue weighted by atomic mass is 10.0. The van der Waals surface area contributed by atoms with Gasteiger partial charge in [0.15, 0.2) is 5.96 Å². The molecule has 0 saturated carbocycles. The monoisotopic (exact) mass is 492 g/mol. The Morgan fingerprint density at radius 2 is 1.79 bits per heavy atom. The second kappa shape index (κ2) is 11.0. The molecule has 1 aliphatic rings. The Bertz CT molecular complexity index is 794. The molecule has 0 saturated heterocycles. The van der Waals surface area contributed by atoms with Crippen molar-refractivity contribution in [3.05, 3.63) is 71.3 Å². The summed E-state index contributed by atoms with van der Waals surface area (Å²) in [6.45, 7) is 5.32. The first-order valence-corrected chi connectivity index (χ1v) is 9.55. The fourth-order valence-corrected chi connectivity index (χ4v) is 3.46. The number of fused-ring (bicyclic) bond motifs is 1. The molecule has 2 aromatic carbocycles. The lowest BCUT2D eigenvalue weighted by Gasteiger charge is -2.32. The fraction of sp³-hybridized carbons (Fsp3) is 0.364. The summed E-state index contributed by atoms with van der Waals surface area (Å²) in [7, 11) is 1.77. The molecule has 0 aromatic heterocycles. The Morgan fingerprint density at radius 3 is 2.46 bits per heavy atom. The molecule has 5 nitrogen and oxygen atoms in total. The molecule has 1 N–H and O–H groups in total. The van der Waals surface area contributed by atoms with Crippen LogP contribution in [0.2, 0.25) is 0 Å². The highest BCUT2D eigenvalue weighted by atomic mass is 127. The van der Waals surface area contributed by atoms with E-state index in [1.807, 2.05) is 42.2 Å². The highest BCUT2D eigenvalue weighted by Gasteiger charge is 2.20. The van der Waals surface area contributed by atoms with E-state index in [0.29, 0.717) is 13.1 Å². The van der Waals surface area contributed by atoms with Crippen LogP contribution in [0.3, 0.4) is 0 Å². The average molecular weight is 492 g/mol. The molecule has 0 bridgehead atoms. The number of nitrogens with one attached hydrogen (secondary N) is 1. The van der Waals surface area contributed by atoms with Crippen LogP contribution in [0, 0.1) is 0 Å². The third-order valence-corrected chi connectivity index (χ3v) is 4.99. The molecule has 1 heterocycles. The lowest BCUT2D eigenvalue weighted by molar-refractivity contribution is -0.130. The quantitative estimate of drug-likeness (QED) is 0.396. The van der Waals surface area contributed by atoms with E-state index in [-0.39, 0.29) is 36.4 Å². The lowest BCUT2D eigenvalue weighted by Crippen LogP contribution is -2.47. The van der Waals surface area contributed by atoms with Gasteiger partial charge in [-0.05, 0) is 30.0 Å². The maximum Gasteiger partial charge on any atom is 0.242 e. The van der Waals surface area contributed by atoms with Gasteiger partial charge in [0.1, 0.15) is 0 Å². The van der Waals surface area contributed by atoms with E-state index in [9.17, 15) is 4.79 Å². The van der Waals surface area contributed by atoms with Crippen LogP contribution in [0.1, 0.15) is 23.6 Å². The fourth-order valence-electron chi connectivity index (χ4n) is 3.46. The van der Waals surface area contributed by atoms with Crippen molar-refractivity contribution in [1.82, 2.24) is 15.1 Å². The predicted octanol–water partition coefficient (Wildman–Crippen LogP) is 3.29. The average Bonchev–Trinajstić information content (AvgIpc) is 2.73. The van der Waals surface area contributed by atoms with Gasteiger partial charge < -0.3 is 15.1 Å². The second-order valence-electron chi connectivity index (χ2n) is 6.73. The zero-order chi connectivity index (χ0) is 19.1. The Kier molecular flexibility index (Phi) is 8.76. The van der Waals surface area contributed by atoms with E-state index < -0.39 is 0 Å². The minimum Gasteiger partial charge on any atom is -0.347 e. The van der Waals surface area contributed by atoms with Gasteiger partial charge in [0.25, 0.3) is 0 Å². The number of carbonyl (C=O) groups is 1. The van der Waals surface area contributed by atoms with Gasteiger partial charge in [-0.1, -0.05) is 54.6 Å². The van der Waals surface area contributed by atoms with Crippen LogP contribution in [-0.4, -0.2) is 48.3 Å². The topological polar surface area (TPSA) is 47.9 Å². The zero-order valence-corrected chi connectivity index (χ0v) is 18.9. The van der Waals surface area contributed by atoms with Crippen molar-refractivity contribution in [2.24, 2.45) is 4.99 Å². The summed E-state index contributed by atoms with van der Waals surface area (Å²) in [5.74, 6) is 0.869. The van der Waals surface area contributed by atoms with Gasteiger partial charge in [0.05, 0.1) is 6.54 Å². The summed E-state index contributed by atoms with van der Waals surface area (Å²) in [4.78, 5) is 21.1. The molecule has 0 fully saturated rings. The molecule has 0 unspecified atom stereocenters. The number of hydrogen-bond donors (Lipinski definition) is 1. The Balaban J connectivity index is 0.00000280. The van der Waals surface area contributed by atoms with Gasteiger partial charge in [-0.25, -0.2) is 0 Å². The maximum absolute atomic E-state index is 12.7. The number of nitrogens with zero attached hydrogens (tertiary/aromatic N) is 3. The van der Waals surface area contributed by atoms with Gasteiger partial charge in [0, 0.05) is 33.2 Å². The van der Waals surface area contributed by atoms with E-state index in [0.717, 1.165) is 31.0 Å². The number of hydrogen-bond acceptors (Lipinski definition) is 2. The number of aliphatic imine (C=N–C) groups is 1. The van der Waals surface area contributed by atoms with Crippen molar-refractivity contribution in [2.45, 2.75) is 26.4 Å². The molecule has 28 heavy (non-hydrogen) atoms. The molecule has 2 aromatic rings. The standard InChI is InChI=1S/C22H28N4O.HI/c1-3-25(16-18-9-5-4-6-10-18)21(27)15-24-22(23-2)26-14-13-19-11-7-8-12-20(19)17-26;/h4-12H,3,13-17H2,1-2H3,(H,23,24);1H. The van der Waals surface area contributed by atoms with Crippen molar-refractivity contribution in [3.8, 4) is 0 Å². The minimum atomic E-state index is 0. The van der Waals surface area contributed by atoms with Gasteiger partial charge in [-0.15, -0.1) is 24.0 Å². The number of carbonyl (C=O) groups excluding carboxylic acids is 1. The summed E-state index contributed by atoms with van der Waals surface area (Å²) < 4.78 is 0. The summed E-state index contributed by atoms with van der Waals surface area (Å²) in [6.07, 6.45) is 1.000. The van der Waals surface area contributed by atoms with Gasteiger partial charge >= 0.3 is 0 Å². The summed E-state index contributed by atoms with van der Waals surface area (Å²) >= 11 is 0. The molecule has 3 rings (SSSR count). The molecule has 1 aliphatic heterocycles. The highest BCUT2D eigenvalue weighted by Crippen LogP contribution is 2.18. The smallest absolute Gasteiger partial charge is 0.242 e. The largest absolute Gasteiger partial charge is 0.347 e. The Hall–Kier alpha value is -2.09.